The van der Waals surface area contributed by atoms with Crippen LogP contribution in [0.25, 0.3) is 0 Å². The Morgan fingerprint density at radius 2 is 2.57 bits per heavy atom. The fourth-order valence-corrected chi connectivity index (χ4v) is 1.33. The van der Waals surface area contributed by atoms with Gasteiger partial charge in [-0.15, -0.1) is 0 Å². The van der Waals surface area contributed by atoms with Crippen LogP contribution in [-0.4, -0.2) is 30.5 Å². The minimum atomic E-state index is -0.174. The molecule has 1 saturated heterocycles. The first-order valence-corrected chi connectivity index (χ1v) is 4.66. The van der Waals surface area contributed by atoms with Gasteiger partial charge in [0.15, 0.2) is 6.39 Å². The van der Waals surface area contributed by atoms with Gasteiger partial charge in [0, 0.05) is 25.6 Å². The predicted octanol–water partition coefficient (Wildman–Crippen LogP) is -0.0678. The Balaban J connectivity index is 1.86. The van der Waals surface area contributed by atoms with Crippen LogP contribution in [0.5, 0.6) is 0 Å². The van der Waals surface area contributed by atoms with Crippen molar-refractivity contribution in [1.82, 2.24) is 15.6 Å². The molecule has 14 heavy (non-hydrogen) atoms. The van der Waals surface area contributed by atoms with Gasteiger partial charge in [0.05, 0.1) is 5.69 Å². The summed E-state index contributed by atoms with van der Waals surface area (Å²) in [5.74, 6) is 0.700. The van der Waals surface area contributed by atoms with Crippen molar-refractivity contribution in [3.05, 3.63) is 17.8 Å². The molecule has 1 fully saturated rings. The first-order valence-electron chi connectivity index (χ1n) is 4.66. The van der Waals surface area contributed by atoms with Gasteiger partial charge in [0.25, 0.3) is 5.91 Å². The number of aryl methyl sites for hydroxylation is 1. The molecule has 0 aromatic carbocycles. The number of nitrogens with one attached hydrogen (secondary N) is 2. The van der Waals surface area contributed by atoms with Gasteiger partial charge in [0.2, 0.25) is 5.76 Å². The fourth-order valence-electron chi connectivity index (χ4n) is 1.33. The van der Waals surface area contributed by atoms with E-state index in [1.807, 2.05) is 0 Å². The fraction of sp³-hybridized carbons (Fsp3) is 0.556. The lowest BCUT2D eigenvalue weighted by molar-refractivity contribution is 0.0913. The molecule has 2 rings (SSSR count). The van der Waals surface area contributed by atoms with E-state index in [0.717, 1.165) is 13.1 Å². The number of oxazole rings is 1. The highest BCUT2D eigenvalue weighted by atomic mass is 16.3. The van der Waals surface area contributed by atoms with Gasteiger partial charge in [-0.3, -0.25) is 4.79 Å². The van der Waals surface area contributed by atoms with Gasteiger partial charge < -0.3 is 15.1 Å². The topological polar surface area (TPSA) is 67.2 Å². The number of aromatic nitrogens is 1. The first-order chi connectivity index (χ1) is 6.77. The first kappa shape index (κ1) is 9.21. The average Bonchev–Trinajstić information content (AvgIpc) is 2.48. The summed E-state index contributed by atoms with van der Waals surface area (Å²) in [7, 11) is 0. The number of carbonyl (C=O) groups excluding carboxylic acids is 1. The monoisotopic (exact) mass is 195 g/mol. The highest BCUT2D eigenvalue weighted by Gasteiger charge is 2.19. The molecular formula is C9H13N3O2. The van der Waals surface area contributed by atoms with Crippen molar-refractivity contribution in [2.75, 3.05) is 19.6 Å². The number of hydrogen-bond acceptors (Lipinski definition) is 4. The Morgan fingerprint density at radius 3 is 3.07 bits per heavy atom. The van der Waals surface area contributed by atoms with Crippen molar-refractivity contribution in [3.8, 4) is 0 Å². The van der Waals surface area contributed by atoms with Crippen LogP contribution >= 0.6 is 0 Å². The lowest BCUT2D eigenvalue weighted by Gasteiger charge is -2.26. The summed E-state index contributed by atoms with van der Waals surface area (Å²) in [6.07, 6.45) is 1.29. The van der Waals surface area contributed by atoms with Gasteiger partial charge in [-0.2, -0.15) is 0 Å². The minimum Gasteiger partial charge on any atom is -0.438 e. The van der Waals surface area contributed by atoms with E-state index < -0.39 is 0 Å². The molecule has 76 valence electrons. The van der Waals surface area contributed by atoms with Crippen LogP contribution in [0.2, 0.25) is 0 Å². The van der Waals surface area contributed by atoms with Crippen LogP contribution in [-0.2, 0) is 0 Å². The summed E-state index contributed by atoms with van der Waals surface area (Å²) in [6, 6.07) is 0. The van der Waals surface area contributed by atoms with E-state index in [1.54, 1.807) is 6.92 Å². The van der Waals surface area contributed by atoms with Crippen molar-refractivity contribution in [2.24, 2.45) is 5.92 Å². The Morgan fingerprint density at radius 1 is 1.79 bits per heavy atom. The molecule has 0 radical (unpaired) electrons. The summed E-state index contributed by atoms with van der Waals surface area (Å²) in [5.41, 5.74) is 0.634. The maximum atomic E-state index is 11.5. The van der Waals surface area contributed by atoms with Crippen molar-refractivity contribution in [3.63, 3.8) is 0 Å². The number of nitrogens with zero attached hydrogens (tertiary/aromatic N) is 1. The minimum absolute atomic E-state index is 0.174. The van der Waals surface area contributed by atoms with E-state index in [9.17, 15) is 4.79 Å². The molecule has 1 aromatic heterocycles. The van der Waals surface area contributed by atoms with Crippen molar-refractivity contribution in [1.29, 1.82) is 0 Å². The molecule has 0 saturated carbocycles. The smallest absolute Gasteiger partial charge is 0.289 e. The predicted molar refractivity (Wildman–Crippen MR) is 49.9 cm³/mol. The van der Waals surface area contributed by atoms with Gasteiger partial charge in [-0.25, -0.2) is 4.98 Å². The molecule has 2 heterocycles. The van der Waals surface area contributed by atoms with E-state index in [1.165, 1.54) is 6.39 Å². The van der Waals surface area contributed by atoms with E-state index >= 15 is 0 Å². The summed E-state index contributed by atoms with van der Waals surface area (Å²) in [5, 5.41) is 5.96. The quantitative estimate of drug-likeness (QED) is 0.708. The zero-order valence-electron chi connectivity index (χ0n) is 8.04. The molecule has 0 bridgehead atoms. The zero-order valence-corrected chi connectivity index (χ0v) is 8.04. The van der Waals surface area contributed by atoms with Crippen LogP contribution in [0.15, 0.2) is 10.8 Å². The van der Waals surface area contributed by atoms with E-state index in [-0.39, 0.29) is 5.91 Å². The number of hydrogen-bond donors (Lipinski definition) is 2. The lowest BCUT2D eigenvalue weighted by Crippen LogP contribution is -2.48. The SMILES string of the molecule is Cc1ncoc1C(=O)NCC1CNC1. The zero-order chi connectivity index (χ0) is 9.97. The molecule has 0 unspecified atom stereocenters. The Kier molecular flexibility index (Phi) is 2.49. The van der Waals surface area contributed by atoms with Crippen molar-refractivity contribution >= 4 is 5.91 Å². The van der Waals surface area contributed by atoms with Crippen LogP contribution in [0.1, 0.15) is 16.2 Å². The van der Waals surface area contributed by atoms with E-state index in [2.05, 4.69) is 15.6 Å². The van der Waals surface area contributed by atoms with Crippen molar-refractivity contribution in [2.45, 2.75) is 6.92 Å². The van der Waals surface area contributed by atoms with Crippen molar-refractivity contribution < 1.29 is 9.21 Å². The van der Waals surface area contributed by atoms with Gasteiger partial charge >= 0.3 is 0 Å². The lowest BCUT2D eigenvalue weighted by atomic mass is 10.0. The normalized spacial score (nSPS) is 16.4. The molecule has 1 aromatic rings. The summed E-state index contributed by atoms with van der Waals surface area (Å²) >= 11 is 0. The van der Waals surface area contributed by atoms with Gasteiger partial charge in [-0.05, 0) is 6.92 Å². The Labute approximate surface area is 81.9 Å². The summed E-state index contributed by atoms with van der Waals surface area (Å²) < 4.78 is 4.97. The average molecular weight is 195 g/mol. The third-order valence-corrected chi connectivity index (χ3v) is 2.37. The second-order valence-electron chi connectivity index (χ2n) is 3.50. The number of rotatable bonds is 3. The molecule has 1 amide bonds. The van der Waals surface area contributed by atoms with Crippen LogP contribution < -0.4 is 10.6 Å². The molecule has 1 aliphatic rings. The number of amides is 1. The Hall–Kier alpha value is -1.36. The summed E-state index contributed by atoms with van der Waals surface area (Å²) in [6.45, 7) is 4.42. The molecule has 2 N–H and O–H groups in total. The second kappa shape index (κ2) is 3.79. The Bertz CT molecular complexity index is 331. The maximum absolute atomic E-state index is 11.5. The maximum Gasteiger partial charge on any atom is 0.289 e. The highest BCUT2D eigenvalue weighted by Crippen LogP contribution is 2.05. The number of carbonyl (C=O) groups is 1. The standard InChI is InChI=1S/C9H13N3O2/c1-6-8(14-5-12-6)9(13)11-4-7-2-10-3-7/h5,7,10H,2-4H2,1H3,(H,11,13). The molecule has 0 spiro atoms. The molecular weight excluding hydrogens is 182 g/mol. The molecule has 0 atom stereocenters. The van der Waals surface area contributed by atoms with E-state index in [4.69, 9.17) is 4.42 Å². The van der Waals surface area contributed by atoms with Crippen LogP contribution in [0.4, 0.5) is 0 Å². The summed E-state index contributed by atoms with van der Waals surface area (Å²) in [4.78, 5) is 15.4. The largest absolute Gasteiger partial charge is 0.438 e. The molecule has 5 nitrogen and oxygen atoms in total. The van der Waals surface area contributed by atoms with Crippen LogP contribution in [0, 0.1) is 12.8 Å². The second-order valence-corrected chi connectivity index (χ2v) is 3.50. The molecule has 5 heteroatoms. The third-order valence-electron chi connectivity index (χ3n) is 2.37. The van der Waals surface area contributed by atoms with E-state index in [0.29, 0.717) is 23.9 Å². The highest BCUT2D eigenvalue weighted by molar-refractivity contribution is 5.92. The van der Waals surface area contributed by atoms with Gasteiger partial charge in [-0.1, -0.05) is 0 Å². The van der Waals surface area contributed by atoms with Crippen LogP contribution in [0.3, 0.4) is 0 Å². The molecule has 1 aliphatic heterocycles. The van der Waals surface area contributed by atoms with Gasteiger partial charge in [0.1, 0.15) is 0 Å². The third kappa shape index (κ3) is 1.77. The molecule has 0 aliphatic carbocycles.